The molecule has 0 amide bonds. The van der Waals surface area contributed by atoms with Gasteiger partial charge in [0.05, 0.1) is 17.5 Å². The Hall–Kier alpha value is -2.87. The standard InChI is InChI=1S/C17H17N5O2S/c1-4-24-17(23)14-9-11-13(22(2)3)6-5-12(16(11)25-14)20-21-15-10-18-7-8-19-15/h5-10H,4H2,1-3H3/b21-20+. The van der Waals surface area contributed by atoms with Gasteiger partial charge in [-0.25, -0.2) is 9.78 Å². The summed E-state index contributed by atoms with van der Waals surface area (Å²) in [5, 5.41) is 9.34. The molecule has 128 valence electrons. The lowest BCUT2D eigenvalue weighted by Crippen LogP contribution is -2.08. The van der Waals surface area contributed by atoms with E-state index in [9.17, 15) is 4.79 Å². The van der Waals surface area contributed by atoms with E-state index in [1.807, 2.05) is 37.2 Å². The highest BCUT2D eigenvalue weighted by Gasteiger charge is 2.16. The Morgan fingerprint density at radius 1 is 1.28 bits per heavy atom. The number of esters is 1. The van der Waals surface area contributed by atoms with Crippen LogP contribution in [0.1, 0.15) is 16.6 Å². The van der Waals surface area contributed by atoms with Crippen molar-refractivity contribution in [3.63, 3.8) is 0 Å². The van der Waals surface area contributed by atoms with Crippen molar-refractivity contribution in [2.75, 3.05) is 25.6 Å². The average molecular weight is 355 g/mol. The van der Waals surface area contributed by atoms with E-state index in [4.69, 9.17) is 4.74 Å². The van der Waals surface area contributed by atoms with Gasteiger partial charge in [-0.3, -0.25) is 4.98 Å². The highest BCUT2D eigenvalue weighted by molar-refractivity contribution is 7.21. The molecule has 25 heavy (non-hydrogen) atoms. The van der Waals surface area contributed by atoms with E-state index in [0.29, 0.717) is 23.0 Å². The van der Waals surface area contributed by atoms with Gasteiger partial charge in [0, 0.05) is 37.6 Å². The lowest BCUT2D eigenvalue weighted by Gasteiger charge is -2.14. The molecule has 0 bridgehead atoms. The average Bonchev–Trinajstić information content (AvgIpc) is 3.06. The number of aromatic nitrogens is 2. The molecule has 0 fully saturated rings. The summed E-state index contributed by atoms with van der Waals surface area (Å²) >= 11 is 1.35. The van der Waals surface area contributed by atoms with Gasteiger partial charge in [-0.15, -0.1) is 21.6 Å². The molecule has 0 aliphatic heterocycles. The molecular formula is C17H17N5O2S. The first-order valence-electron chi connectivity index (χ1n) is 7.69. The highest BCUT2D eigenvalue weighted by atomic mass is 32.1. The molecule has 3 aromatic rings. The SMILES string of the molecule is CCOC(=O)c1cc2c(N(C)C)ccc(/N=N/c3cnccn3)c2s1. The fourth-order valence-corrected chi connectivity index (χ4v) is 3.34. The zero-order chi connectivity index (χ0) is 17.8. The molecule has 2 heterocycles. The van der Waals surface area contributed by atoms with Gasteiger partial charge >= 0.3 is 5.97 Å². The Morgan fingerprint density at radius 2 is 2.12 bits per heavy atom. The van der Waals surface area contributed by atoms with Crippen molar-refractivity contribution < 1.29 is 9.53 Å². The summed E-state index contributed by atoms with van der Waals surface area (Å²) in [6, 6.07) is 5.67. The Bertz CT molecular complexity index is 921. The summed E-state index contributed by atoms with van der Waals surface area (Å²) in [5.41, 5.74) is 1.67. The van der Waals surface area contributed by atoms with Crippen LogP contribution in [0.25, 0.3) is 10.1 Å². The number of rotatable bonds is 5. The van der Waals surface area contributed by atoms with E-state index in [2.05, 4.69) is 20.2 Å². The van der Waals surface area contributed by atoms with Crippen LogP contribution < -0.4 is 4.90 Å². The largest absolute Gasteiger partial charge is 0.462 e. The molecule has 0 saturated heterocycles. The predicted molar refractivity (Wildman–Crippen MR) is 98.3 cm³/mol. The lowest BCUT2D eigenvalue weighted by atomic mass is 10.2. The maximum absolute atomic E-state index is 12.1. The number of fused-ring (bicyclic) bond motifs is 1. The predicted octanol–water partition coefficient (Wildman–Crippen LogP) is 4.35. The van der Waals surface area contributed by atoms with E-state index < -0.39 is 0 Å². The fraction of sp³-hybridized carbons (Fsp3) is 0.235. The quantitative estimate of drug-likeness (QED) is 0.502. The Kier molecular flexibility index (Phi) is 4.99. The van der Waals surface area contributed by atoms with Crippen molar-refractivity contribution in [2.24, 2.45) is 10.2 Å². The summed E-state index contributed by atoms with van der Waals surface area (Å²) in [5.74, 6) is 0.0970. The van der Waals surface area contributed by atoms with Gasteiger partial charge in [0.15, 0.2) is 5.82 Å². The minimum absolute atomic E-state index is 0.328. The van der Waals surface area contributed by atoms with Crippen LogP contribution in [0.2, 0.25) is 0 Å². The second kappa shape index (κ2) is 7.35. The number of thiophene rings is 1. The van der Waals surface area contributed by atoms with Crippen LogP contribution in [0.15, 0.2) is 47.0 Å². The molecule has 8 heteroatoms. The van der Waals surface area contributed by atoms with Gasteiger partial charge in [0.1, 0.15) is 10.6 Å². The van der Waals surface area contributed by atoms with Gasteiger partial charge in [-0.05, 0) is 25.1 Å². The second-order valence-electron chi connectivity index (χ2n) is 5.34. The zero-order valence-electron chi connectivity index (χ0n) is 14.1. The van der Waals surface area contributed by atoms with Crippen LogP contribution in [-0.2, 0) is 4.74 Å². The van der Waals surface area contributed by atoms with Gasteiger partial charge in [-0.1, -0.05) is 0 Å². The normalized spacial score (nSPS) is 11.2. The molecule has 2 aromatic heterocycles. The van der Waals surface area contributed by atoms with Gasteiger partial charge in [0.25, 0.3) is 0 Å². The number of hydrogen-bond donors (Lipinski definition) is 0. The number of anilines is 1. The molecule has 1 aromatic carbocycles. The molecule has 0 atom stereocenters. The van der Waals surface area contributed by atoms with Crippen LogP contribution in [-0.4, -0.2) is 36.6 Å². The molecule has 3 rings (SSSR count). The first-order valence-corrected chi connectivity index (χ1v) is 8.50. The number of benzene rings is 1. The topological polar surface area (TPSA) is 80.0 Å². The number of hydrogen-bond acceptors (Lipinski definition) is 8. The van der Waals surface area contributed by atoms with Crippen molar-refractivity contribution in [1.82, 2.24) is 9.97 Å². The fourth-order valence-electron chi connectivity index (χ4n) is 2.31. The third-order valence-electron chi connectivity index (χ3n) is 3.41. The van der Waals surface area contributed by atoms with Crippen LogP contribution >= 0.6 is 11.3 Å². The Morgan fingerprint density at radius 3 is 2.80 bits per heavy atom. The maximum Gasteiger partial charge on any atom is 0.348 e. The summed E-state index contributed by atoms with van der Waals surface area (Å²) in [7, 11) is 3.91. The van der Waals surface area contributed by atoms with Crippen molar-refractivity contribution >= 4 is 44.6 Å². The monoisotopic (exact) mass is 355 g/mol. The van der Waals surface area contributed by atoms with Crippen LogP contribution in [0.5, 0.6) is 0 Å². The molecule has 0 unspecified atom stereocenters. The van der Waals surface area contributed by atoms with Gasteiger partial charge in [0.2, 0.25) is 0 Å². The summed E-state index contributed by atoms with van der Waals surface area (Å²) in [6.07, 6.45) is 4.67. The van der Waals surface area contributed by atoms with Gasteiger partial charge < -0.3 is 9.64 Å². The number of carbonyl (C=O) groups is 1. The molecule has 0 saturated carbocycles. The molecular weight excluding hydrogens is 338 g/mol. The van der Waals surface area contributed by atoms with E-state index in [1.165, 1.54) is 17.5 Å². The summed E-state index contributed by atoms with van der Waals surface area (Å²) < 4.78 is 5.99. The lowest BCUT2D eigenvalue weighted by molar-refractivity contribution is 0.0532. The van der Waals surface area contributed by atoms with Crippen molar-refractivity contribution in [1.29, 1.82) is 0 Å². The minimum atomic E-state index is -0.328. The van der Waals surface area contributed by atoms with E-state index in [-0.39, 0.29) is 5.97 Å². The second-order valence-corrected chi connectivity index (χ2v) is 6.39. The first-order chi connectivity index (χ1) is 12.1. The molecule has 0 aliphatic rings. The Labute approximate surface area is 149 Å². The van der Waals surface area contributed by atoms with Crippen molar-refractivity contribution in [3.8, 4) is 0 Å². The smallest absolute Gasteiger partial charge is 0.348 e. The number of azo groups is 1. The molecule has 0 N–H and O–H groups in total. The minimum Gasteiger partial charge on any atom is -0.462 e. The summed E-state index contributed by atoms with van der Waals surface area (Å²) in [4.78, 5) is 22.7. The Balaban J connectivity index is 2.08. The van der Waals surface area contributed by atoms with Crippen LogP contribution in [0.3, 0.4) is 0 Å². The third kappa shape index (κ3) is 3.63. The molecule has 7 nitrogen and oxygen atoms in total. The maximum atomic E-state index is 12.1. The highest BCUT2D eigenvalue weighted by Crippen LogP contribution is 2.40. The molecule has 0 aliphatic carbocycles. The first kappa shape index (κ1) is 17.0. The third-order valence-corrected chi connectivity index (χ3v) is 4.55. The van der Waals surface area contributed by atoms with Crippen molar-refractivity contribution in [3.05, 3.63) is 41.7 Å². The number of nitrogens with zero attached hydrogens (tertiary/aromatic N) is 5. The van der Waals surface area contributed by atoms with E-state index in [1.54, 1.807) is 19.3 Å². The molecule has 0 spiro atoms. The number of ether oxygens (including phenoxy) is 1. The van der Waals surface area contributed by atoms with Crippen LogP contribution in [0, 0.1) is 0 Å². The number of carbonyl (C=O) groups excluding carboxylic acids is 1. The van der Waals surface area contributed by atoms with Crippen LogP contribution in [0.4, 0.5) is 17.2 Å². The van der Waals surface area contributed by atoms with Gasteiger partial charge in [-0.2, -0.15) is 0 Å². The van der Waals surface area contributed by atoms with Crippen molar-refractivity contribution in [2.45, 2.75) is 6.92 Å². The molecule has 0 radical (unpaired) electrons. The van der Waals surface area contributed by atoms with E-state index >= 15 is 0 Å². The summed E-state index contributed by atoms with van der Waals surface area (Å²) in [6.45, 7) is 2.13. The zero-order valence-corrected chi connectivity index (χ0v) is 14.9. The van der Waals surface area contributed by atoms with E-state index in [0.717, 1.165) is 15.8 Å².